The minimum atomic E-state index is -4.52. The highest BCUT2D eigenvalue weighted by Crippen LogP contribution is 2.52. The second-order valence-electron chi connectivity index (χ2n) is 16.4. The number of unbranched alkanes of at least 4 members (excludes halogenated alkanes) is 4. The maximum Gasteiger partial charge on any atom is 0.333 e. The van der Waals surface area contributed by atoms with Crippen molar-refractivity contribution < 1.29 is 78.0 Å². The molecule has 0 bridgehead atoms. The zero-order chi connectivity index (χ0) is 47.8. The summed E-state index contributed by atoms with van der Waals surface area (Å²) >= 11 is 0.790. The minimum Gasteiger partial charge on any atom is -0.492 e. The Morgan fingerprint density at radius 2 is 1.46 bits per heavy atom. The lowest BCUT2D eigenvalue weighted by Gasteiger charge is -2.30. The zero-order valence-corrected chi connectivity index (χ0v) is 39.2. The molecule has 6 N–H and O–H groups in total. The summed E-state index contributed by atoms with van der Waals surface area (Å²) in [7, 11) is -12.9. The number of carbonyl (C=O) groups is 1. The second-order valence-corrected chi connectivity index (χ2v) is 21.7. The number of hydrogen-bond acceptors (Lipinski definition) is 15. The number of fused-ring (bicyclic) bond motifs is 2. The van der Waals surface area contributed by atoms with Gasteiger partial charge in [-0.2, -0.15) is 29.8 Å². The molecule has 0 fully saturated rings. The normalized spacial score (nSPS) is 18.1. The van der Waals surface area contributed by atoms with Crippen molar-refractivity contribution in [2.45, 2.75) is 99.2 Å². The van der Waals surface area contributed by atoms with E-state index in [1.807, 2.05) is 48.8 Å². The van der Waals surface area contributed by atoms with Gasteiger partial charge in [-0.3, -0.25) is 13.7 Å². The first-order chi connectivity index (χ1) is 30.5. The van der Waals surface area contributed by atoms with Crippen LogP contribution in [0.1, 0.15) is 89.7 Å². The summed E-state index contributed by atoms with van der Waals surface area (Å²) in [5.74, 6) is -2.35. The number of aromatic nitrogens is 1. The maximum atomic E-state index is 12.5. The SMILES string of the molecule is CC1(C)C(C=CC=CC=C2N(CCCCS(=O)(=O)O)c3ccc(SOOO)cc3C2(C)CCCCCC(=O)On2c(O)ccc2O)=[N+](CCCCS(=O)(=O)O)c2ccc(S(=O)(=O)O)cc21. The largest absolute Gasteiger partial charge is 0.492 e. The summed E-state index contributed by atoms with van der Waals surface area (Å²) < 4.78 is 106. The van der Waals surface area contributed by atoms with Crippen LogP contribution >= 0.6 is 12.0 Å². The van der Waals surface area contributed by atoms with Crippen LogP contribution in [0.2, 0.25) is 0 Å². The van der Waals surface area contributed by atoms with Crippen LogP contribution in [0.15, 0.2) is 94.4 Å². The van der Waals surface area contributed by atoms with Crippen molar-refractivity contribution in [1.82, 2.24) is 4.73 Å². The molecule has 0 amide bonds. The first-order valence-corrected chi connectivity index (χ1v) is 26.0. The van der Waals surface area contributed by atoms with E-state index in [2.05, 4.69) is 16.9 Å². The summed E-state index contributed by atoms with van der Waals surface area (Å²) in [5.41, 5.74) is 3.18. The second kappa shape index (κ2) is 21.4. The van der Waals surface area contributed by atoms with E-state index in [0.29, 0.717) is 72.5 Å². The van der Waals surface area contributed by atoms with Crippen molar-refractivity contribution in [1.29, 1.82) is 0 Å². The summed E-state index contributed by atoms with van der Waals surface area (Å²) in [6.07, 6.45) is 12.6. The lowest BCUT2D eigenvalue weighted by Crippen LogP contribution is -2.29. The van der Waals surface area contributed by atoms with E-state index in [9.17, 15) is 53.9 Å². The van der Waals surface area contributed by atoms with Gasteiger partial charge in [0, 0.05) is 70.9 Å². The third-order valence-corrected chi connectivity index (χ3v) is 14.4. The molecule has 5 rings (SSSR count). The molecule has 0 saturated heterocycles. The van der Waals surface area contributed by atoms with Crippen molar-refractivity contribution in [3.8, 4) is 11.8 Å². The number of anilines is 1. The average Bonchev–Trinajstić information content (AvgIpc) is 3.74. The Labute approximate surface area is 382 Å². The van der Waals surface area contributed by atoms with Gasteiger partial charge in [0.15, 0.2) is 5.71 Å². The number of carbonyl (C=O) groups excluding carboxylic acids is 1. The van der Waals surface area contributed by atoms with E-state index in [1.54, 1.807) is 24.3 Å². The van der Waals surface area contributed by atoms with Crippen LogP contribution in [0.4, 0.5) is 11.4 Å². The third-order valence-electron chi connectivity index (χ3n) is 11.4. The summed E-state index contributed by atoms with van der Waals surface area (Å²) in [6.45, 7) is 6.57. The summed E-state index contributed by atoms with van der Waals surface area (Å²) in [5, 5.41) is 32.3. The lowest BCUT2D eigenvalue weighted by molar-refractivity contribution is -0.438. The quantitative estimate of drug-likeness (QED) is 0.0104. The number of rotatable bonds is 24. The predicted octanol–water partition coefficient (Wildman–Crippen LogP) is 6.67. The van der Waals surface area contributed by atoms with Gasteiger partial charge in [-0.05, 0) is 94.8 Å². The van der Waals surface area contributed by atoms with Gasteiger partial charge in [-0.15, -0.1) is 9.06 Å². The van der Waals surface area contributed by atoms with Crippen LogP contribution in [0.3, 0.4) is 0 Å². The van der Waals surface area contributed by atoms with Crippen molar-refractivity contribution >= 4 is 65.5 Å². The number of allylic oxidation sites excluding steroid dienone is 6. The monoisotopic (exact) mass is 984 g/mol. The minimum absolute atomic E-state index is 0.00585. The van der Waals surface area contributed by atoms with E-state index in [1.165, 1.54) is 24.3 Å². The van der Waals surface area contributed by atoms with Crippen LogP contribution < -0.4 is 9.74 Å². The summed E-state index contributed by atoms with van der Waals surface area (Å²) in [4.78, 5) is 20.0. The van der Waals surface area contributed by atoms with Crippen molar-refractivity contribution in [2.75, 3.05) is 29.5 Å². The first kappa shape index (κ1) is 51.4. The number of hydrogen-bond donors (Lipinski definition) is 6. The Morgan fingerprint density at radius 1 is 0.785 bits per heavy atom. The molecule has 2 aromatic carbocycles. The topological polar surface area (TPSA) is 280 Å². The molecule has 0 spiro atoms. The molecular formula is C42H54N3O16S4+. The highest BCUT2D eigenvalue weighted by molar-refractivity contribution is 7.94. The Kier molecular flexibility index (Phi) is 16.9. The average molecular weight is 985 g/mol. The van der Waals surface area contributed by atoms with Crippen molar-refractivity contribution in [3.05, 3.63) is 95.7 Å². The van der Waals surface area contributed by atoms with Gasteiger partial charge < -0.3 is 20.0 Å². The Hall–Kier alpha value is -4.56. The summed E-state index contributed by atoms with van der Waals surface area (Å²) in [6, 6.07) is 12.2. The number of nitrogens with zero attached hydrogens (tertiary/aromatic N) is 3. The highest BCUT2D eigenvalue weighted by atomic mass is 32.2. The lowest BCUT2D eigenvalue weighted by atomic mass is 9.77. The van der Waals surface area contributed by atoms with Gasteiger partial charge in [0.25, 0.3) is 30.4 Å². The Morgan fingerprint density at radius 3 is 2.11 bits per heavy atom. The van der Waals surface area contributed by atoms with Crippen LogP contribution in [0, 0.1) is 0 Å². The molecule has 1 aromatic heterocycles. The van der Waals surface area contributed by atoms with Gasteiger partial charge in [0.05, 0.1) is 33.9 Å². The molecule has 0 saturated carbocycles. The fourth-order valence-electron chi connectivity index (χ4n) is 8.23. The first-order valence-electron chi connectivity index (χ1n) is 20.6. The van der Waals surface area contributed by atoms with Crippen LogP contribution in [0.25, 0.3) is 0 Å². The van der Waals surface area contributed by atoms with E-state index in [-0.39, 0.29) is 24.2 Å². The molecule has 1 unspecified atom stereocenters. The van der Waals surface area contributed by atoms with Gasteiger partial charge in [0.2, 0.25) is 17.4 Å². The molecule has 65 heavy (non-hydrogen) atoms. The molecule has 2 aliphatic heterocycles. The van der Waals surface area contributed by atoms with Gasteiger partial charge in [-0.25, -0.2) is 10.1 Å². The molecule has 356 valence electrons. The Bertz CT molecular complexity index is 2670. The zero-order valence-electron chi connectivity index (χ0n) is 35.9. The van der Waals surface area contributed by atoms with Crippen LogP contribution in [0.5, 0.6) is 11.8 Å². The predicted molar refractivity (Wildman–Crippen MR) is 241 cm³/mol. The van der Waals surface area contributed by atoms with E-state index in [4.69, 9.17) is 14.4 Å². The number of benzene rings is 2. The van der Waals surface area contributed by atoms with Crippen molar-refractivity contribution in [3.63, 3.8) is 0 Å². The highest BCUT2D eigenvalue weighted by Gasteiger charge is 2.45. The molecule has 3 heterocycles. The molecule has 2 aliphatic rings. The van der Waals surface area contributed by atoms with Crippen molar-refractivity contribution in [2.24, 2.45) is 0 Å². The van der Waals surface area contributed by atoms with E-state index < -0.39 is 70.4 Å². The van der Waals surface area contributed by atoms with Gasteiger partial charge in [-0.1, -0.05) is 36.1 Å². The fraction of sp³-hybridized carbons (Fsp3) is 0.429. The van der Waals surface area contributed by atoms with E-state index in [0.717, 1.165) is 34.7 Å². The third kappa shape index (κ3) is 13.3. The molecule has 23 heteroatoms. The fourth-order valence-corrected chi connectivity index (χ4v) is 10.3. The van der Waals surface area contributed by atoms with Gasteiger partial charge >= 0.3 is 5.97 Å². The van der Waals surface area contributed by atoms with Gasteiger partial charge in [0.1, 0.15) is 6.54 Å². The molecule has 0 radical (unpaired) electrons. The standard InChI is InChI=1S/C42H53N3O16S4/c1-41(2)32-29-31(65(56,57)58)18-20-34(32)43(24-10-12-26-63(50,51)52)36(41)14-6-4-7-15-37-42(3,23-9-5-8-16-40(48)59-45-38(46)21-22-39(45)47)33-28-30(62-61-60-49)17-19-35(33)44(37)25-11-13-27-64(53,54)55/h4,6-7,14-15,17-22,28-29H,5,8-13,16,23-27H2,1-3H3,(H5-,46,47,49,50,51,52,53,54,55,56,57,58)/p+1. The van der Waals surface area contributed by atoms with Crippen LogP contribution in [-0.4, -0.2) is 100.0 Å². The molecule has 3 aromatic rings. The maximum absolute atomic E-state index is 12.5. The van der Waals surface area contributed by atoms with E-state index >= 15 is 0 Å². The molecule has 19 nitrogen and oxygen atoms in total. The molecule has 0 aliphatic carbocycles. The van der Waals surface area contributed by atoms with Crippen LogP contribution in [-0.2, 0) is 55.4 Å². The smallest absolute Gasteiger partial charge is 0.333 e. The Balaban J connectivity index is 1.46. The molecular weight excluding hydrogens is 931 g/mol. The molecule has 1 atom stereocenters. The number of aromatic hydroxyl groups is 2.